The minimum atomic E-state index is 0.357. The number of hydrogen-bond acceptors (Lipinski definition) is 2. The molecule has 2 rings (SSSR count). The van der Waals surface area contributed by atoms with E-state index in [4.69, 9.17) is 0 Å². The molecule has 2 aromatic rings. The first-order valence-electron chi connectivity index (χ1n) is 7.19. The van der Waals surface area contributed by atoms with Crippen LogP contribution in [-0.2, 0) is 0 Å². The normalized spacial score (nSPS) is 13.9. The minimum Gasteiger partial charge on any atom is -0.303 e. The molecule has 0 saturated carbocycles. The molecule has 0 spiro atoms. The van der Waals surface area contributed by atoms with Crippen LogP contribution >= 0.6 is 11.8 Å². The molecule has 2 aromatic carbocycles. The van der Waals surface area contributed by atoms with Crippen molar-refractivity contribution in [2.75, 3.05) is 6.26 Å². The molecule has 0 radical (unpaired) electrons. The van der Waals surface area contributed by atoms with Crippen molar-refractivity contribution in [3.8, 4) is 0 Å². The average molecular weight is 285 g/mol. The molecule has 0 aliphatic rings. The first-order valence-corrected chi connectivity index (χ1v) is 8.42. The van der Waals surface area contributed by atoms with Gasteiger partial charge in [-0.05, 0) is 42.9 Å². The second-order valence-corrected chi connectivity index (χ2v) is 5.91. The topological polar surface area (TPSA) is 12.0 Å². The Kier molecular flexibility index (Phi) is 5.69. The third-order valence-corrected chi connectivity index (χ3v) is 4.42. The first kappa shape index (κ1) is 15.1. The van der Waals surface area contributed by atoms with Crippen LogP contribution in [0.2, 0.25) is 0 Å². The Morgan fingerprint density at radius 1 is 0.950 bits per heavy atom. The predicted octanol–water partition coefficient (Wildman–Crippen LogP) is 5.21. The van der Waals surface area contributed by atoms with Crippen molar-refractivity contribution >= 4 is 11.8 Å². The van der Waals surface area contributed by atoms with E-state index in [2.05, 4.69) is 80.0 Å². The fraction of sp³-hybridized carbons (Fsp3) is 0.333. The quantitative estimate of drug-likeness (QED) is 0.731. The summed E-state index contributed by atoms with van der Waals surface area (Å²) in [5.74, 6) is 0. The Balaban J connectivity index is 2.06. The van der Waals surface area contributed by atoms with Crippen LogP contribution in [0.15, 0.2) is 59.5 Å². The van der Waals surface area contributed by atoms with Crippen molar-refractivity contribution in [1.29, 1.82) is 0 Å². The predicted molar refractivity (Wildman–Crippen MR) is 89.2 cm³/mol. The Morgan fingerprint density at radius 3 is 2.15 bits per heavy atom. The van der Waals surface area contributed by atoms with Crippen LogP contribution in [0, 0.1) is 0 Å². The number of nitrogens with one attached hydrogen (secondary N) is 1. The van der Waals surface area contributed by atoms with E-state index in [9.17, 15) is 0 Å². The summed E-state index contributed by atoms with van der Waals surface area (Å²) < 4.78 is 0. The maximum absolute atomic E-state index is 3.73. The molecule has 20 heavy (non-hydrogen) atoms. The highest BCUT2D eigenvalue weighted by atomic mass is 32.2. The summed E-state index contributed by atoms with van der Waals surface area (Å²) in [7, 11) is 0. The van der Waals surface area contributed by atoms with Crippen LogP contribution in [0.25, 0.3) is 0 Å². The monoisotopic (exact) mass is 285 g/mol. The van der Waals surface area contributed by atoms with Crippen molar-refractivity contribution in [2.24, 2.45) is 0 Å². The third kappa shape index (κ3) is 3.87. The molecule has 1 nitrogen and oxygen atoms in total. The van der Waals surface area contributed by atoms with E-state index in [0.29, 0.717) is 12.1 Å². The van der Waals surface area contributed by atoms with Gasteiger partial charge in [-0.2, -0.15) is 0 Å². The van der Waals surface area contributed by atoms with Gasteiger partial charge in [0, 0.05) is 17.0 Å². The van der Waals surface area contributed by atoms with Crippen LogP contribution in [0.3, 0.4) is 0 Å². The lowest BCUT2D eigenvalue weighted by Crippen LogP contribution is -2.24. The number of benzene rings is 2. The molecule has 0 saturated heterocycles. The second kappa shape index (κ2) is 7.51. The summed E-state index contributed by atoms with van der Waals surface area (Å²) >= 11 is 1.78. The second-order valence-electron chi connectivity index (χ2n) is 5.03. The molecule has 106 valence electrons. The zero-order valence-corrected chi connectivity index (χ0v) is 13.3. The first-order chi connectivity index (χ1) is 9.74. The maximum atomic E-state index is 3.73. The Hall–Kier alpha value is -1.25. The van der Waals surface area contributed by atoms with Gasteiger partial charge in [0.1, 0.15) is 0 Å². The van der Waals surface area contributed by atoms with Gasteiger partial charge in [0.15, 0.2) is 0 Å². The summed E-state index contributed by atoms with van der Waals surface area (Å²) in [6.45, 7) is 4.47. The van der Waals surface area contributed by atoms with Gasteiger partial charge in [0.2, 0.25) is 0 Å². The van der Waals surface area contributed by atoms with Gasteiger partial charge in [0.05, 0.1) is 0 Å². The van der Waals surface area contributed by atoms with Gasteiger partial charge < -0.3 is 5.32 Å². The lowest BCUT2D eigenvalue weighted by Gasteiger charge is -2.23. The molecule has 2 unspecified atom stereocenters. The molecule has 0 bridgehead atoms. The summed E-state index contributed by atoms with van der Waals surface area (Å²) in [4.78, 5) is 1.32. The highest BCUT2D eigenvalue weighted by molar-refractivity contribution is 7.98. The Labute approximate surface area is 126 Å². The van der Waals surface area contributed by atoms with Gasteiger partial charge >= 0.3 is 0 Å². The van der Waals surface area contributed by atoms with E-state index in [1.54, 1.807) is 11.8 Å². The van der Waals surface area contributed by atoms with E-state index in [-0.39, 0.29) is 0 Å². The zero-order chi connectivity index (χ0) is 14.4. The van der Waals surface area contributed by atoms with E-state index in [0.717, 1.165) is 6.42 Å². The Bertz CT molecular complexity index is 507. The molecule has 0 aromatic heterocycles. The molecule has 1 N–H and O–H groups in total. The molecule has 2 heteroatoms. The highest BCUT2D eigenvalue weighted by Crippen LogP contribution is 2.23. The zero-order valence-electron chi connectivity index (χ0n) is 12.5. The van der Waals surface area contributed by atoms with Gasteiger partial charge in [-0.1, -0.05) is 49.4 Å². The van der Waals surface area contributed by atoms with Gasteiger partial charge in [-0.15, -0.1) is 11.8 Å². The van der Waals surface area contributed by atoms with Crippen LogP contribution in [0.4, 0.5) is 0 Å². The number of thioether (sulfide) groups is 1. The molecule has 0 fully saturated rings. The summed E-state index contributed by atoms with van der Waals surface area (Å²) in [5.41, 5.74) is 2.71. The lowest BCUT2D eigenvalue weighted by molar-refractivity contribution is 0.456. The van der Waals surface area contributed by atoms with Crippen LogP contribution < -0.4 is 5.32 Å². The molecular weight excluding hydrogens is 262 g/mol. The van der Waals surface area contributed by atoms with E-state index in [1.165, 1.54) is 16.0 Å². The SMILES string of the molecule is CCC(NC(C)c1ccc(SC)cc1)c1ccccc1. The summed E-state index contributed by atoms with van der Waals surface area (Å²) in [6.07, 6.45) is 3.20. The van der Waals surface area contributed by atoms with Gasteiger partial charge in [-0.25, -0.2) is 0 Å². The maximum Gasteiger partial charge on any atom is 0.0323 e. The molecule has 0 amide bonds. The van der Waals surface area contributed by atoms with Crippen molar-refractivity contribution in [2.45, 2.75) is 37.2 Å². The average Bonchev–Trinajstić information content (AvgIpc) is 2.53. The highest BCUT2D eigenvalue weighted by Gasteiger charge is 2.13. The van der Waals surface area contributed by atoms with Crippen molar-refractivity contribution in [1.82, 2.24) is 5.32 Å². The number of hydrogen-bond donors (Lipinski definition) is 1. The summed E-state index contributed by atoms with van der Waals surface area (Å²) in [6, 6.07) is 20.3. The van der Waals surface area contributed by atoms with Gasteiger partial charge in [0.25, 0.3) is 0 Å². The molecule has 0 aliphatic heterocycles. The molecule has 0 heterocycles. The third-order valence-electron chi connectivity index (χ3n) is 3.68. The van der Waals surface area contributed by atoms with E-state index >= 15 is 0 Å². The van der Waals surface area contributed by atoms with Crippen LogP contribution in [-0.4, -0.2) is 6.26 Å². The fourth-order valence-electron chi connectivity index (χ4n) is 2.43. The summed E-state index contributed by atoms with van der Waals surface area (Å²) in [5, 5.41) is 3.73. The van der Waals surface area contributed by atoms with Crippen molar-refractivity contribution in [3.05, 3.63) is 65.7 Å². The minimum absolute atomic E-state index is 0.357. The number of rotatable bonds is 6. The van der Waals surface area contributed by atoms with E-state index in [1.807, 2.05) is 0 Å². The molecule has 2 atom stereocenters. The van der Waals surface area contributed by atoms with Gasteiger partial charge in [-0.3, -0.25) is 0 Å². The molecule has 0 aliphatic carbocycles. The van der Waals surface area contributed by atoms with Crippen molar-refractivity contribution in [3.63, 3.8) is 0 Å². The lowest BCUT2D eigenvalue weighted by atomic mass is 10.0. The van der Waals surface area contributed by atoms with E-state index < -0.39 is 0 Å². The fourth-order valence-corrected chi connectivity index (χ4v) is 2.83. The Morgan fingerprint density at radius 2 is 1.60 bits per heavy atom. The largest absolute Gasteiger partial charge is 0.303 e. The standard InChI is InChI=1S/C18H23NS/c1-4-18(16-8-6-5-7-9-16)19-14(2)15-10-12-17(20-3)13-11-15/h5-14,18-19H,4H2,1-3H3. The van der Waals surface area contributed by atoms with Crippen LogP contribution in [0.1, 0.15) is 43.5 Å². The smallest absolute Gasteiger partial charge is 0.0323 e. The molecular formula is C18H23NS. The van der Waals surface area contributed by atoms with Crippen molar-refractivity contribution < 1.29 is 0 Å². The van der Waals surface area contributed by atoms with Crippen LogP contribution in [0.5, 0.6) is 0 Å².